The Labute approximate surface area is 128 Å². The summed E-state index contributed by atoms with van der Waals surface area (Å²) in [5, 5.41) is 2.99. The van der Waals surface area contributed by atoms with E-state index in [0.717, 1.165) is 5.56 Å². The molecule has 0 aromatic heterocycles. The summed E-state index contributed by atoms with van der Waals surface area (Å²) < 4.78 is 33.4. The average Bonchev–Trinajstić information content (AvgIpc) is 2.44. The zero-order valence-corrected chi connectivity index (χ0v) is 14.0. The molecule has 1 aromatic rings. The van der Waals surface area contributed by atoms with Crippen molar-refractivity contribution in [1.29, 1.82) is 0 Å². The van der Waals surface area contributed by atoms with Crippen molar-refractivity contribution < 1.29 is 13.2 Å². The second kappa shape index (κ2) is 8.48. The quantitative estimate of drug-likeness (QED) is 0.729. The molecule has 1 unspecified atom stereocenters. The molecule has 21 heavy (non-hydrogen) atoms. The minimum Gasteiger partial charge on any atom is -0.380 e. The molecule has 0 spiro atoms. The second-order valence-electron chi connectivity index (χ2n) is 5.27. The summed E-state index contributed by atoms with van der Waals surface area (Å²) in [6.45, 7) is 7.31. The van der Waals surface area contributed by atoms with Crippen molar-refractivity contribution in [3.05, 3.63) is 29.8 Å². The molecule has 0 bridgehead atoms. The molecule has 0 aliphatic carbocycles. The summed E-state index contributed by atoms with van der Waals surface area (Å²) in [6.07, 6.45) is 0. The van der Waals surface area contributed by atoms with E-state index in [2.05, 4.69) is 10.0 Å². The SMILES string of the molecule is CCOCC(NS(=O)(=O)c1ccccc1CNC)C(C)C. The first-order valence-electron chi connectivity index (χ1n) is 7.25. The third-order valence-corrected chi connectivity index (χ3v) is 4.83. The van der Waals surface area contributed by atoms with E-state index in [9.17, 15) is 8.42 Å². The molecule has 0 aliphatic rings. The maximum Gasteiger partial charge on any atom is 0.241 e. The highest BCUT2D eigenvalue weighted by molar-refractivity contribution is 7.89. The van der Waals surface area contributed by atoms with Crippen LogP contribution in [0.2, 0.25) is 0 Å². The maximum absolute atomic E-state index is 12.6. The number of rotatable bonds is 9. The third kappa shape index (κ3) is 5.39. The lowest BCUT2D eigenvalue weighted by molar-refractivity contribution is 0.116. The molecule has 120 valence electrons. The number of sulfonamides is 1. The van der Waals surface area contributed by atoms with Crippen LogP contribution in [0.1, 0.15) is 26.3 Å². The zero-order chi connectivity index (χ0) is 15.9. The smallest absolute Gasteiger partial charge is 0.241 e. The predicted octanol–water partition coefficient (Wildman–Crippen LogP) is 1.75. The standard InChI is InChI=1S/C15H26N2O3S/c1-5-20-11-14(12(2)3)17-21(18,19)15-9-7-6-8-13(15)10-16-4/h6-9,12,14,16-17H,5,10-11H2,1-4H3. The van der Waals surface area contributed by atoms with Gasteiger partial charge in [0.2, 0.25) is 10.0 Å². The Morgan fingerprint density at radius 2 is 1.90 bits per heavy atom. The first kappa shape index (κ1) is 18.1. The van der Waals surface area contributed by atoms with Crippen molar-refractivity contribution >= 4 is 10.0 Å². The monoisotopic (exact) mass is 314 g/mol. The molecule has 5 nitrogen and oxygen atoms in total. The van der Waals surface area contributed by atoms with Gasteiger partial charge in [-0.15, -0.1) is 0 Å². The lowest BCUT2D eigenvalue weighted by atomic mass is 10.1. The van der Waals surface area contributed by atoms with Gasteiger partial charge in [-0.1, -0.05) is 32.0 Å². The van der Waals surface area contributed by atoms with Crippen LogP contribution in [0.3, 0.4) is 0 Å². The summed E-state index contributed by atoms with van der Waals surface area (Å²) in [4.78, 5) is 0.321. The highest BCUT2D eigenvalue weighted by Gasteiger charge is 2.24. The average molecular weight is 314 g/mol. The second-order valence-corrected chi connectivity index (χ2v) is 6.95. The van der Waals surface area contributed by atoms with Gasteiger partial charge in [0.1, 0.15) is 0 Å². The van der Waals surface area contributed by atoms with E-state index in [1.165, 1.54) is 0 Å². The van der Waals surface area contributed by atoms with E-state index in [0.29, 0.717) is 24.7 Å². The van der Waals surface area contributed by atoms with E-state index in [1.54, 1.807) is 19.2 Å². The Morgan fingerprint density at radius 1 is 1.24 bits per heavy atom. The predicted molar refractivity (Wildman–Crippen MR) is 84.6 cm³/mol. The number of nitrogens with one attached hydrogen (secondary N) is 2. The van der Waals surface area contributed by atoms with E-state index in [-0.39, 0.29) is 12.0 Å². The van der Waals surface area contributed by atoms with Crippen molar-refractivity contribution in [3.63, 3.8) is 0 Å². The molecule has 1 atom stereocenters. The fraction of sp³-hybridized carbons (Fsp3) is 0.600. The Hall–Kier alpha value is -0.950. The van der Waals surface area contributed by atoms with Crippen molar-refractivity contribution in [2.45, 2.75) is 38.3 Å². The molecule has 0 radical (unpaired) electrons. The van der Waals surface area contributed by atoms with Gasteiger partial charge in [-0.3, -0.25) is 0 Å². The summed E-state index contributed by atoms with van der Waals surface area (Å²) in [5.41, 5.74) is 0.756. The first-order chi connectivity index (χ1) is 9.92. The maximum atomic E-state index is 12.6. The van der Waals surface area contributed by atoms with Gasteiger partial charge in [0.15, 0.2) is 0 Å². The summed E-state index contributed by atoms with van der Waals surface area (Å²) in [5.74, 6) is 0.155. The number of hydrogen-bond acceptors (Lipinski definition) is 4. The molecule has 0 fully saturated rings. The van der Waals surface area contributed by atoms with E-state index < -0.39 is 10.0 Å². The third-order valence-electron chi connectivity index (χ3n) is 3.24. The minimum absolute atomic E-state index is 0.155. The number of hydrogen-bond donors (Lipinski definition) is 2. The molecule has 0 saturated carbocycles. The molecular formula is C15H26N2O3S. The molecule has 1 aromatic carbocycles. The van der Waals surface area contributed by atoms with Gasteiger partial charge < -0.3 is 10.1 Å². The number of ether oxygens (including phenoxy) is 1. The van der Waals surface area contributed by atoms with Gasteiger partial charge in [-0.2, -0.15) is 0 Å². The summed E-state index contributed by atoms with van der Waals surface area (Å²) in [6, 6.07) is 6.79. The van der Waals surface area contributed by atoms with Gasteiger partial charge in [-0.25, -0.2) is 13.1 Å². The van der Waals surface area contributed by atoms with Gasteiger partial charge in [-0.05, 0) is 31.5 Å². The van der Waals surface area contributed by atoms with Gasteiger partial charge in [0, 0.05) is 19.2 Å². The van der Waals surface area contributed by atoms with E-state index >= 15 is 0 Å². The van der Waals surface area contributed by atoms with Gasteiger partial charge >= 0.3 is 0 Å². The topological polar surface area (TPSA) is 67.4 Å². The molecule has 0 saturated heterocycles. The Bertz CT molecular complexity index is 529. The summed E-state index contributed by atoms with van der Waals surface area (Å²) >= 11 is 0. The largest absolute Gasteiger partial charge is 0.380 e. The lowest BCUT2D eigenvalue weighted by Gasteiger charge is -2.22. The fourth-order valence-electron chi connectivity index (χ4n) is 1.97. The zero-order valence-electron chi connectivity index (χ0n) is 13.2. The van der Waals surface area contributed by atoms with Crippen molar-refractivity contribution in [1.82, 2.24) is 10.0 Å². The van der Waals surface area contributed by atoms with Crippen LogP contribution in [0.25, 0.3) is 0 Å². The van der Waals surface area contributed by atoms with E-state index in [1.807, 2.05) is 32.9 Å². The first-order valence-corrected chi connectivity index (χ1v) is 8.73. The van der Waals surface area contributed by atoms with Crippen LogP contribution >= 0.6 is 0 Å². The van der Waals surface area contributed by atoms with Crippen LogP contribution in [-0.4, -0.2) is 34.7 Å². The molecular weight excluding hydrogens is 288 g/mol. The number of benzene rings is 1. The molecule has 6 heteroatoms. The highest BCUT2D eigenvalue weighted by Crippen LogP contribution is 2.17. The van der Waals surface area contributed by atoms with Crippen LogP contribution in [0, 0.1) is 5.92 Å². The molecule has 0 heterocycles. The van der Waals surface area contributed by atoms with Gasteiger partial charge in [0.25, 0.3) is 0 Å². The lowest BCUT2D eigenvalue weighted by Crippen LogP contribution is -2.42. The van der Waals surface area contributed by atoms with Crippen LogP contribution in [0.5, 0.6) is 0 Å². The van der Waals surface area contributed by atoms with Crippen molar-refractivity contribution in [3.8, 4) is 0 Å². The molecule has 0 amide bonds. The Balaban J connectivity index is 2.99. The highest BCUT2D eigenvalue weighted by atomic mass is 32.2. The minimum atomic E-state index is -3.56. The van der Waals surface area contributed by atoms with Crippen molar-refractivity contribution in [2.75, 3.05) is 20.3 Å². The van der Waals surface area contributed by atoms with Gasteiger partial charge in [0.05, 0.1) is 11.5 Å². The fourth-order valence-corrected chi connectivity index (χ4v) is 3.58. The molecule has 2 N–H and O–H groups in total. The van der Waals surface area contributed by atoms with Crippen LogP contribution in [0.15, 0.2) is 29.2 Å². The molecule has 1 rings (SSSR count). The Morgan fingerprint density at radius 3 is 2.48 bits per heavy atom. The normalized spacial score (nSPS) is 13.6. The molecule has 0 aliphatic heterocycles. The Kier molecular flexibility index (Phi) is 7.31. The van der Waals surface area contributed by atoms with Crippen molar-refractivity contribution in [2.24, 2.45) is 5.92 Å². The summed E-state index contributed by atoms with van der Waals surface area (Å²) in [7, 11) is -1.76. The van der Waals surface area contributed by atoms with Crippen LogP contribution in [0.4, 0.5) is 0 Å². The van der Waals surface area contributed by atoms with Crippen LogP contribution in [-0.2, 0) is 21.3 Å². The van der Waals surface area contributed by atoms with Crippen LogP contribution < -0.4 is 10.0 Å². The van der Waals surface area contributed by atoms with E-state index in [4.69, 9.17) is 4.74 Å².